The molecule has 146 valence electrons. The van der Waals surface area contributed by atoms with Crippen LogP contribution in [0.3, 0.4) is 0 Å². The molecule has 4 aromatic rings. The van der Waals surface area contributed by atoms with E-state index in [1.807, 2.05) is 66.7 Å². The van der Waals surface area contributed by atoms with E-state index >= 15 is 0 Å². The van der Waals surface area contributed by atoms with E-state index in [9.17, 15) is 14.7 Å². The molecule has 0 spiro atoms. The first-order chi connectivity index (χ1) is 14.6. The average molecular weight is 394 g/mol. The van der Waals surface area contributed by atoms with Gasteiger partial charge < -0.3 is 9.84 Å². The molecule has 0 aromatic heterocycles. The van der Waals surface area contributed by atoms with Gasteiger partial charge in [0.1, 0.15) is 5.56 Å². The molecule has 4 nitrogen and oxygen atoms in total. The summed E-state index contributed by atoms with van der Waals surface area (Å²) in [6, 6.07) is 28.1. The number of esters is 1. The van der Waals surface area contributed by atoms with E-state index in [1.54, 1.807) is 24.3 Å². The molecule has 0 heterocycles. The third kappa shape index (κ3) is 4.13. The van der Waals surface area contributed by atoms with Crippen molar-refractivity contribution in [2.45, 2.75) is 0 Å². The lowest BCUT2D eigenvalue weighted by molar-refractivity contribution is -0.128. The molecule has 1 N–H and O–H groups in total. The normalized spacial score (nSPS) is 10.9. The second-order valence-electron chi connectivity index (χ2n) is 6.71. The summed E-state index contributed by atoms with van der Waals surface area (Å²) in [6.07, 6.45) is 2.94. The van der Waals surface area contributed by atoms with E-state index in [4.69, 9.17) is 4.74 Å². The van der Waals surface area contributed by atoms with Crippen molar-refractivity contribution in [1.82, 2.24) is 0 Å². The van der Waals surface area contributed by atoms with Crippen LogP contribution >= 0.6 is 0 Å². The summed E-state index contributed by atoms with van der Waals surface area (Å²) in [5.74, 6) is -1.74. The monoisotopic (exact) mass is 394 g/mol. The predicted molar refractivity (Wildman–Crippen MR) is 117 cm³/mol. The first-order valence-electron chi connectivity index (χ1n) is 9.42. The third-order valence-electron chi connectivity index (χ3n) is 4.74. The molecule has 0 amide bonds. The summed E-state index contributed by atoms with van der Waals surface area (Å²) in [5, 5.41) is 10.8. The quantitative estimate of drug-likeness (QED) is 0.263. The van der Waals surface area contributed by atoms with Crippen molar-refractivity contribution in [1.29, 1.82) is 0 Å². The van der Waals surface area contributed by atoms with Crippen LogP contribution in [0.1, 0.15) is 15.9 Å². The molecule has 0 saturated heterocycles. The van der Waals surface area contributed by atoms with Gasteiger partial charge in [-0.25, -0.2) is 9.59 Å². The maximum absolute atomic E-state index is 12.4. The topological polar surface area (TPSA) is 63.6 Å². The van der Waals surface area contributed by atoms with E-state index in [0.717, 1.165) is 22.1 Å². The van der Waals surface area contributed by atoms with Crippen molar-refractivity contribution in [3.63, 3.8) is 0 Å². The average Bonchev–Trinajstić information content (AvgIpc) is 2.78. The standard InChI is InChI=1S/C26H18O4/c27-24(17-12-18-10-13-20(14-11-18)19-6-2-1-3-7-19)30-25-22-9-5-4-8-21(22)15-16-23(25)26(28)29/h1-17H,(H,28,29). The number of ether oxygens (including phenoxy) is 1. The van der Waals surface area contributed by atoms with Crippen LogP contribution in [0.25, 0.3) is 28.0 Å². The Morgan fingerprint density at radius 1 is 0.733 bits per heavy atom. The van der Waals surface area contributed by atoms with E-state index in [0.29, 0.717) is 5.39 Å². The fourth-order valence-corrected chi connectivity index (χ4v) is 3.24. The molecule has 0 unspecified atom stereocenters. The first-order valence-corrected chi connectivity index (χ1v) is 9.42. The summed E-state index contributed by atoms with van der Waals surface area (Å²) in [6.45, 7) is 0. The number of carbonyl (C=O) groups is 2. The molecular weight excluding hydrogens is 376 g/mol. The number of benzene rings is 4. The number of hydrogen-bond donors (Lipinski definition) is 1. The Balaban J connectivity index is 1.54. The molecule has 0 aliphatic heterocycles. The Hall–Kier alpha value is -4.18. The molecule has 0 bridgehead atoms. The molecular formula is C26H18O4. The molecule has 0 aliphatic carbocycles. The highest BCUT2D eigenvalue weighted by atomic mass is 16.5. The minimum atomic E-state index is -1.15. The second kappa shape index (κ2) is 8.45. The van der Waals surface area contributed by atoms with Gasteiger partial charge >= 0.3 is 11.9 Å². The van der Waals surface area contributed by atoms with Gasteiger partial charge in [0.15, 0.2) is 5.75 Å². The Bertz CT molecular complexity index is 1240. The zero-order chi connectivity index (χ0) is 20.9. The Kier molecular flexibility index (Phi) is 5.39. The van der Waals surface area contributed by atoms with Gasteiger partial charge in [-0.05, 0) is 34.2 Å². The highest BCUT2D eigenvalue weighted by Gasteiger charge is 2.16. The second-order valence-corrected chi connectivity index (χ2v) is 6.71. The third-order valence-corrected chi connectivity index (χ3v) is 4.74. The van der Waals surface area contributed by atoms with Gasteiger partial charge in [-0.3, -0.25) is 0 Å². The molecule has 0 radical (unpaired) electrons. The van der Waals surface area contributed by atoms with Gasteiger partial charge in [-0.1, -0.05) is 84.9 Å². The Morgan fingerprint density at radius 2 is 1.40 bits per heavy atom. The van der Waals surface area contributed by atoms with E-state index < -0.39 is 11.9 Å². The summed E-state index contributed by atoms with van der Waals surface area (Å²) >= 11 is 0. The number of carbonyl (C=O) groups excluding carboxylic acids is 1. The maximum Gasteiger partial charge on any atom is 0.339 e. The number of carboxylic acids is 1. The number of carboxylic acid groups (broad SMARTS) is 1. The van der Waals surface area contributed by atoms with Crippen molar-refractivity contribution in [3.05, 3.63) is 108 Å². The zero-order valence-electron chi connectivity index (χ0n) is 16.0. The van der Waals surface area contributed by atoms with E-state index in [-0.39, 0.29) is 11.3 Å². The van der Waals surface area contributed by atoms with Gasteiger partial charge in [-0.15, -0.1) is 0 Å². The minimum absolute atomic E-state index is 0.0506. The summed E-state index contributed by atoms with van der Waals surface area (Å²) in [5.41, 5.74) is 2.98. The minimum Gasteiger partial charge on any atom is -0.478 e. The van der Waals surface area contributed by atoms with Crippen LogP contribution < -0.4 is 4.74 Å². The zero-order valence-corrected chi connectivity index (χ0v) is 16.0. The molecule has 30 heavy (non-hydrogen) atoms. The van der Waals surface area contributed by atoms with Crippen LogP contribution in [-0.2, 0) is 4.79 Å². The highest BCUT2D eigenvalue weighted by molar-refractivity contribution is 6.03. The molecule has 4 aromatic carbocycles. The molecule has 0 aliphatic rings. The van der Waals surface area contributed by atoms with Crippen LogP contribution in [0.2, 0.25) is 0 Å². The molecule has 0 fully saturated rings. The SMILES string of the molecule is O=C(C=Cc1ccc(-c2ccccc2)cc1)Oc1c(C(=O)O)ccc2ccccc12. The van der Waals surface area contributed by atoms with Gasteiger partial charge in [0.2, 0.25) is 0 Å². The van der Waals surface area contributed by atoms with Crippen LogP contribution in [0.4, 0.5) is 0 Å². The van der Waals surface area contributed by atoms with Crippen molar-refractivity contribution >= 4 is 28.8 Å². The molecule has 4 heteroatoms. The number of fused-ring (bicyclic) bond motifs is 1. The lowest BCUT2D eigenvalue weighted by Gasteiger charge is -2.09. The van der Waals surface area contributed by atoms with Crippen molar-refractivity contribution in [3.8, 4) is 16.9 Å². The summed E-state index contributed by atoms with van der Waals surface area (Å²) in [7, 11) is 0. The van der Waals surface area contributed by atoms with Gasteiger partial charge in [-0.2, -0.15) is 0 Å². The largest absolute Gasteiger partial charge is 0.478 e. The smallest absolute Gasteiger partial charge is 0.339 e. The van der Waals surface area contributed by atoms with Crippen molar-refractivity contribution < 1.29 is 19.4 Å². The molecule has 0 saturated carbocycles. The highest BCUT2D eigenvalue weighted by Crippen LogP contribution is 2.30. The van der Waals surface area contributed by atoms with Crippen LogP contribution in [0.5, 0.6) is 5.75 Å². The Morgan fingerprint density at radius 3 is 2.13 bits per heavy atom. The summed E-state index contributed by atoms with van der Waals surface area (Å²) in [4.78, 5) is 24.0. The lowest BCUT2D eigenvalue weighted by Crippen LogP contribution is -2.09. The first kappa shape index (κ1) is 19.2. The molecule has 4 rings (SSSR count). The van der Waals surface area contributed by atoms with Crippen LogP contribution in [0.15, 0.2) is 97.1 Å². The van der Waals surface area contributed by atoms with Crippen molar-refractivity contribution in [2.75, 3.05) is 0 Å². The van der Waals surface area contributed by atoms with Gasteiger partial charge in [0.05, 0.1) is 0 Å². The Labute approximate surface area is 173 Å². The molecule has 0 atom stereocenters. The maximum atomic E-state index is 12.4. The van der Waals surface area contributed by atoms with Gasteiger partial charge in [0.25, 0.3) is 0 Å². The lowest BCUT2D eigenvalue weighted by atomic mass is 10.0. The van der Waals surface area contributed by atoms with E-state index in [2.05, 4.69) is 0 Å². The van der Waals surface area contributed by atoms with Crippen LogP contribution in [-0.4, -0.2) is 17.0 Å². The van der Waals surface area contributed by atoms with Crippen molar-refractivity contribution in [2.24, 2.45) is 0 Å². The van der Waals surface area contributed by atoms with Crippen LogP contribution in [0, 0.1) is 0 Å². The van der Waals surface area contributed by atoms with E-state index in [1.165, 1.54) is 12.1 Å². The number of aromatic carboxylic acids is 1. The summed E-state index contributed by atoms with van der Waals surface area (Å²) < 4.78 is 5.43. The van der Waals surface area contributed by atoms with Gasteiger partial charge in [0, 0.05) is 11.5 Å². The number of rotatable bonds is 5. The predicted octanol–water partition coefficient (Wildman–Crippen LogP) is 5.82. The number of hydrogen-bond acceptors (Lipinski definition) is 3. The fourth-order valence-electron chi connectivity index (χ4n) is 3.24. The fraction of sp³-hybridized carbons (Fsp3) is 0.